The van der Waals surface area contributed by atoms with Crippen LogP contribution in [0.2, 0.25) is 39.3 Å². The van der Waals surface area contributed by atoms with E-state index < -0.39 is 16.1 Å². The van der Waals surface area contributed by atoms with Gasteiger partial charge in [0.15, 0.2) is 0 Å². The molecule has 0 bridgehead atoms. The van der Waals surface area contributed by atoms with Crippen LogP contribution in [-0.4, -0.2) is 16.1 Å². The summed E-state index contributed by atoms with van der Waals surface area (Å²) in [5, 5.41) is 0. The third-order valence-corrected chi connectivity index (χ3v) is 1.33. The van der Waals surface area contributed by atoms with Crippen molar-refractivity contribution in [1.82, 2.24) is 0 Å². The second-order valence-electron chi connectivity index (χ2n) is 7.22. The molecule has 0 unspecified atom stereocenters. The number of halogens is 2. The van der Waals surface area contributed by atoms with Crippen molar-refractivity contribution in [1.29, 1.82) is 0 Å². The summed E-state index contributed by atoms with van der Waals surface area (Å²) in [5.74, 6) is 0. The first-order chi connectivity index (χ1) is 10.0. The fourth-order valence-electron chi connectivity index (χ4n) is 0.856. The average Bonchev–Trinajstić information content (AvgIpc) is 2.29. The van der Waals surface area contributed by atoms with Crippen LogP contribution in [0, 0.1) is 50.2 Å². The van der Waals surface area contributed by atoms with Crippen LogP contribution in [0.25, 0.3) is 0 Å². The zero-order chi connectivity index (χ0) is 18.7. The minimum atomic E-state index is -0.861. The van der Waals surface area contributed by atoms with Crippen molar-refractivity contribution in [3.8, 4) is 0 Å². The largest absolute Gasteiger partial charge is 0.358 e. The minimum Gasteiger partial charge on any atom is -0.358 e. The van der Waals surface area contributed by atoms with Crippen molar-refractivity contribution in [3.63, 3.8) is 0 Å². The Hall–Kier alpha value is 2.70. The third-order valence-electron chi connectivity index (χ3n) is 1.33. The summed E-state index contributed by atoms with van der Waals surface area (Å²) < 4.78 is 0. The van der Waals surface area contributed by atoms with E-state index in [-0.39, 0.29) is 78.0 Å². The van der Waals surface area contributed by atoms with E-state index in [0.29, 0.717) is 0 Å². The van der Waals surface area contributed by atoms with E-state index in [1.165, 1.54) is 25.7 Å². The second kappa shape index (κ2) is 52.6. The van der Waals surface area contributed by atoms with Crippen molar-refractivity contribution in [3.05, 3.63) is 74.5 Å². The van der Waals surface area contributed by atoms with Crippen LogP contribution in [0.4, 0.5) is 0 Å². The number of rotatable bonds is 0. The van der Waals surface area contributed by atoms with E-state index in [2.05, 4.69) is 114 Å². The molecule has 1 rings (SSSR count). The molecule has 1 aliphatic rings. The zero-order valence-electron chi connectivity index (χ0n) is 21.9. The summed E-state index contributed by atoms with van der Waals surface area (Å²) in [6.45, 7) is 25.1. The van der Waals surface area contributed by atoms with Crippen LogP contribution < -0.4 is 0 Å². The first-order valence-corrected chi connectivity index (χ1v) is 21.8. The van der Waals surface area contributed by atoms with Crippen LogP contribution in [0.15, 0.2) is 24.3 Å². The molecule has 0 aromatic heterocycles. The van der Waals surface area contributed by atoms with Crippen molar-refractivity contribution >= 4 is 53.4 Å². The molecule has 1 aliphatic carbocycles. The van der Waals surface area contributed by atoms with Crippen LogP contribution >= 0.6 is 37.2 Å². The van der Waals surface area contributed by atoms with Gasteiger partial charge in [0.1, 0.15) is 0 Å². The molecule has 6 heteroatoms. The predicted molar refractivity (Wildman–Crippen MR) is 166 cm³/mol. The van der Waals surface area contributed by atoms with E-state index in [0.717, 1.165) is 0 Å². The van der Waals surface area contributed by atoms with Gasteiger partial charge in [0.25, 0.3) is 0 Å². The van der Waals surface area contributed by atoms with Gasteiger partial charge in [-0.1, -0.05) is 77.4 Å². The van der Waals surface area contributed by atoms with E-state index in [1.54, 1.807) is 0 Å². The van der Waals surface area contributed by atoms with E-state index in [9.17, 15) is 0 Å². The zero-order valence-corrected chi connectivity index (χ0v) is 31.4. The summed E-state index contributed by atoms with van der Waals surface area (Å²) in [4.78, 5) is 0. The quantitative estimate of drug-likeness (QED) is 0.0986. The molecule has 0 fully saturated rings. The van der Waals surface area contributed by atoms with Crippen LogP contribution in [0.5, 0.6) is 0 Å². The topological polar surface area (TPSA) is 0 Å². The van der Waals surface area contributed by atoms with Crippen molar-refractivity contribution in [2.75, 3.05) is 0 Å². The van der Waals surface area contributed by atoms with Gasteiger partial charge in [-0.25, -0.2) is 0 Å². The molecule has 0 aliphatic heterocycles. The smallest absolute Gasteiger partial charge is 0 e. The molecule has 0 saturated heterocycles. The van der Waals surface area contributed by atoms with Gasteiger partial charge < -0.3 is 50.2 Å². The van der Waals surface area contributed by atoms with Gasteiger partial charge in [-0.15, -0.1) is 16.1 Å². The predicted octanol–water partition coefficient (Wildman–Crippen LogP) is 11.1. The van der Waals surface area contributed by atoms with Gasteiger partial charge in [0.05, 0.1) is 0 Å². The third kappa shape index (κ3) is 221. The van der Waals surface area contributed by atoms with Crippen molar-refractivity contribution in [2.45, 2.75) is 78.8 Å². The van der Waals surface area contributed by atoms with Gasteiger partial charge >= 0.3 is 0 Å². The van der Waals surface area contributed by atoms with E-state index >= 15 is 0 Å². The first kappa shape index (κ1) is 69.7. The molecular weight excluding hydrogens is 799 g/mol. The van der Waals surface area contributed by atoms with Crippen molar-refractivity contribution < 1.29 is 40.8 Å². The van der Waals surface area contributed by atoms with Crippen molar-refractivity contribution in [2.24, 2.45) is 0 Å². The summed E-state index contributed by atoms with van der Waals surface area (Å²) >= 11 is 4.24. The van der Waals surface area contributed by atoms with Gasteiger partial charge in [-0.3, -0.25) is 0 Å². The summed E-state index contributed by atoms with van der Waals surface area (Å²) in [6, 6.07) is 0. The Morgan fingerprint density at radius 2 is 0.586 bits per heavy atom. The van der Waals surface area contributed by atoms with Gasteiger partial charge in [-0.2, -0.15) is 0 Å². The maximum atomic E-state index is 3.91. The average molecular weight is 855 g/mol. The molecule has 0 nitrogen and oxygen atoms in total. The van der Waals surface area contributed by atoms with Gasteiger partial charge in [0.2, 0.25) is 0 Å². The Morgan fingerprint density at radius 3 is 0.655 bits per heavy atom. The minimum absolute atomic E-state index is 0. The molecule has 0 radical (unpaired) electrons. The molecule has 0 spiro atoms. The Kier molecular flexibility index (Phi) is 126. The van der Waals surface area contributed by atoms with Gasteiger partial charge in [-0.05, 0) is 25.7 Å². The molecule has 0 atom stereocenters. The maximum Gasteiger partial charge on any atom is 0 e. The Labute approximate surface area is 244 Å². The number of hydrogen-bond acceptors (Lipinski definition) is 0. The number of allylic oxidation sites excluding steroid dienone is 4. The summed E-state index contributed by atoms with van der Waals surface area (Å²) in [6.07, 6.45) is 14.0. The molecule has 0 N–H and O–H groups in total. The fraction of sp³-hybridized carbons (Fsp3) is 0.522. The van der Waals surface area contributed by atoms with Crippen LogP contribution in [0.1, 0.15) is 39.5 Å². The molecule has 0 heterocycles. The standard InChI is InChI=1S/C8H12.2C4H11Si.C2H6.5CH3.I2.2Pd/c1-2-4-6-8-7-5-3-1;2*1-5(2,3)4;1-2;;;;;;1-2;;/h1-2,7-8H,3-6H2;2*1H2,2-4H3;1-2H3;5*1H3;;;/q;2*-1;;5*-1;;;/b2-1-,8-7?;;;;;;;;;;;. The molecule has 29 heavy (non-hydrogen) atoms. The Balaban J connectivity index is -0.0000000158. The Morgan fingerprint density at radius 1 is 0.517 bits per heavy atom. The molecule has 0 aromatic carbocycles. The Bertz CT molecular complexity index is 198. The van der Waals surface area contributed by atoms with E-state index in [1.807, 2.05) is 13.8 Å². The van der Waals surface area contributed by atoms with E-state index in [4.69, 9.17) is 0 Å². The normalized spacial score (nSPS) is 11.2. The fourth-order valence-corrected chi connectivity index (χ4v) is 0.856. The molecule has 0 aromatic rings. The first-order valence-electron chi connectivity index (χ1n) is 8.15. The molecule has 0 saturated carbocycles. The van der Waals surface area contributed by atoms with Crippen LogP contribution in [-0.2, 0) is 40.8 Å². The SMILES string of the molecule is C1=CCC/C=C\CC1.CC.II.[CH2-][Si](C)(C)C.[CH2-][Si](C)(C)C.[CH3-].[CH3-].[CH3-].[CH3-].[CH3-].[Pd].[Pd]. The molecule has 0 amide bonds. The summed E-state index contributed by atoms with van der Waals surface area (Å²) in [7, 11) is -1.72. The number of hydrogen-bond donors (Lipinski definition) is 0. The van der Waals surface area contributed by atoms with Gasteiger partial charge in [0, 0.05) is 78.1 Å². The molecular formula is C23H55I2Pd2Si2-7. The molecule has 196 valence electrons. The second-order valence-corrected chi connectivity index (χ2v) is 17.5. The summed E-state index contributed by atoms with van der Waals surface area (Å²) in [5.41, 5.74) is 0. The maximum absolute atomic E-state index is 3.91. The van der Waals surface area contributed by atoms with Crippen LogP contribution in [0.3, 0.4) is 0 Å². The monoisotopic (exact) mass is 853 g/mol.